The fourth-order valence-corrected chi connectivity index (χ4v) is 2.24. The molecule has 0 bridgehead atoms. The van der Waals surface area contributed by atoms with Gasteiger partial charge in [-0.05, 0) is 31.4 Å². The molecule has 1 aliphatic rings. The van der Waals surface area contributed by atoms with Gasteiger partial charge in [0.1, 0.15) is 6.61 Å². The molecule has 1 fully saturated rings. The first kappa shape index (κ1) is 14.1. The number of hydrogen-bond donors (Lipinski definition) is 1. The molecule has 0 heterocycles. The van der Waals surface area contributed by atoms with E-state index in [-0.39, 0.29) is 5.82 Å². The van der Waals surface area contributed by atoms with Crippen LogP contribution in [-0.4, -0.2) is 6.04 Å². The van der Waals surface area contributed by atoms with Crippen LogP contribution in [0.25, 0.3) is 0 Å². The summed E-state index contributed by atoms with van der Waals surface area (Å²) in [6, 6.07) is 13.8. The van der Waals surface area contributed by atoms with Crippen molar-refractivity contribution >= 4 is 0 Å². The predicted molar refractivity (Wildman–Crippen MR) is 81.8 cm³/mol. The Morgan fingerprint density at radius 2 is 1.90 bits per heavy atom. The second kappa shape index (κ2) is 6.27. The predicted octanol–water partition coefficient (Wildman–Crippen LogP) is 3.97. The first-order valence-corrected chi connectivity index (χ1v) is 7.41. The zero-order valence-corrected chi connectivity index (χ0v) is 12.2. The molecule has 110 valence electrons. The molecule has 21 heavy (non-hydrogen) atoms. The lowest BCUT2D eigenvalue weighted by molar-refractivity contribution is 0.286. The Morgan fingerprint density at radius 3 is 2.62 bits per heavy atom. The molecule has 0 amide bonds. The van der Waals surface area contributed by atoms with E-state index < -0.39 is 0 Å². The number of nitrogens with one attached hydrogen (secondary N) is 1. The van der Waals surface area contributed by atoms with Gasteiger partial charge >= 0.3 is 0 Å². The average molecular weight is 285 g/mol. The Kier molecular flexibility index (Phi) is 4.20. The molecule has 3 heteroatoms. The van der Waals surface area contributed by atoms with Gasteiger partial charge in [-0.25, -0.2) is 4.39 Å². The minimum Gasteiger partial charge on any atom is -0.485 e. The molecule has 2 aromatic carbocycles. The summed E-state index contributed by atoms with van der Waals surface area (Å²) in [6.07, 6.45) is 2.43. The van der Waals surface area contributed by atoms with Gasteiger partial charge in [-0.1, -0.05) is 42.0 Å². The lowest BCUT2D eigenvalue weighted by atomic mass is 10.1. The summed E-state index contributed by atoms with van der Waals surface area (Å²) in [5.74, 6) is 0.0726. The highest BCUT2D eigenvalue weighted by Gasteiger charge is 2.21. The molecule has 1 saturated carbocycles. The maximum atomic E-state index is 14.0. The zero-order valence-electron chi connectivity index (χ0n) is 12.2. The smallest absolute Gasteiger partial charge is 0.165 e. The Hall–Kier alpha value is -1.87. The number of rotatable bonds is 6. The van der Waals surface area contributed by atoms with Crippen molar-refractivity contribution in [2.24, 2.45) is 0 Å². The first-order chi connectivity index (χ1) is 10.2. The highest BCUT2D eigenvalue weighted by Crippen LogP contribution is 2.26. The maximum Gasteiger partial charge on any atom is 0.165 e. The van der Waals surface area contributed by atoms with Gasteiger partial charge in [-0.15, -0.1) is 0 Å². The quantitative estimate of drug-likeness (QED) is 0.867. The van der Waals surface area contributed by atoms with Crippen molar-refractivity contribution in [2.45, 2.75) is 39.0 Å². The van der Waals surface area contributed by atoms with Gasteiger partial charge in [-0.2, -0.15) is 0 Å². The number of benzene rings is 2. The normalized spacial score (nSPS) is 14.2. The molecule has 2 aromatic rings. The molecule has 1 N–H and O–H groups in total. The molecule has 0 atom stereocenters. The molecule has 0 unspecified atom stereocenters. The SMILES string of the molecule is Cc1ccc(COc2c(F)cccc2CNC2CC2)cc1. The maximum absolute atomic E-state index is 14.0. The van der Waals surface area contributed by atoms with E-state index >= 15 is 0 Å². The van der Waals surface area contributed by atoms with Crippen LogP contribution < -0.4 is 10.1 Å². The van der Waals surface area contributed by atoms with Gasteiger partial charge in [0.05, 0.1) is 0 Å². The summed E-state index contributed by atoms with van der Waals surface area (Å²) in [5, 5.41) is 3.40. The van der Waals surface area contributed by atoms with Crippen molar-refractivity contribution in [2.75, 3.05) is 0 Å². The van der Waals surface area contributed by atoms with Crippen LogP contribution in [0, 0.1) is 12.7 Å². The summed E-state index contributed by atoms with van der Waals surface area (Å²) in [4.78, 5) is 0. The number of aryl methyl sites for hydroxylation is 1. The molecular formula is C18H20FNO. The van der Waals surface area contributed by atoms with Crippen LogP contribution in [0.1, 0.15) is 29.5 Å². The summed E-state index contributed by atoms with van der Waals surface area (Å²) in [5.41, 5.74) is 3.14. The molecule has 0 aliphatic heterocycles. The topological polar surface area (TPSA) is 21.3 Å². The summed E-state index contributed by atoms with van der Waals surface area (Å²) >= 11 is 0. The van der Waals surface area contributed by atoms with Crippen LogP contribution in [0.2, 0.25) is 0 Å². The van der Waals surface area contributed by atoms with Crippen LogP contribution in [0.15, 0.2) is 42.5 Å². The van der Waals surface area contributed by atoms with Gasteiger partial charge in [0, 0.05) is 18.2 Å². The van der Waals surface area contributed by atoms with Gasteiger partial charge in [0.25, 0.3) is 0 Å². The third-order valence-electron chi connectivity index (χ3n) is 3.71. The van der Waals surface area contributed by atoms with E-state index in [0.29, 0.717) is 24.9 Å². The largest absolute Gasteiger partial charge is 0.485 e. The first-order valence-electron chi connectivity index (χ1n) is 7.41. The van der Waals surface area contributed by atoms with Crippen molar-refractivity contribution in [1.82, 2.24) is 5.32 Å². The Labute approximate surface area is 125 Å². The highest BCUT2D eigenvalue weighted by molar-refractivity contribution is 5.35. The van der Waals surface area contributed by atoms with Gasteiger partial charge in [-0.3, -0.25) is 0 Å². The monoisotopic (exact) mass is 285 g/mol. The standard InChI is InChI=1S/C18H20FNO/c1-13-5-7-14(8-6-13)12-21-18-15(3-2-4-17(18)19)11-20-16-9-10-16/h2-8,16,20H,9-12H2,1H3. The summed E-state index contributed by atoms with van der Waals surface area (Å²) in [6.45, 7) is 3.09. The fourth-order valence-electron chi connectivity index (χ4n) is 2.24. The Bertz CT molecular complexity index is 605. The van der Waals surface area contributed by atoms with E-state index in [9.17, 15) is 4.39 Å². The van der Waals surface area contributed by atoms with Crippen molar-refractivity contribution in [1.29, 1.82) is 0 Å². The lowest BCUT2D eigenvalue weighted by Gasteiger charge is -2.13. The molecule has 0 aromatic heterocycles. The van der Waals surface area contributed by atoms with Crippen molar-refractivity contribution < 1.29 is 9.13 Å². The summed E-state index contributed by atoms with van der Waals surface area (Å²) in [7, 11) is 0. The van der Waals surface area contributed by atoms with Gasteiger partial charge in [0.15, 0.2) is 11.6 Å². The molecular weight excluding hydrogens is 265 g/mol. The van der Waals surface area contributed by atoms with Crippen LogP contribution in [0.3, 0.4) is 0 Å². The van der Waals surface area contributed by atoms with Crippen LogP contribution in [0.4, 0.5) is 4.39 Å². The van der Waals surface area contributed by atoms with E-state index in [1.807, 2.05) is 37.3 Å². The van der Waals surface area contributed by atoms with Crippen LogP contribution >= 0.6 is 0 Å². The van der Waals surface area contributed by atoms with E-state index in [0.717, 1.165) is 11.1 Å². The van der Waals surface area contributed by atoms with E-state index in [2.05, 4.69) is 5.32 Å². The Balaban J connectivity index is 1.69. The minimum absolute atomic E-state index is 0.294. The second-order valence-corrected chi connectivity index (χ2v) is 5.66. The van der Waals surface area contributed by atoms with E-state index in [1.54, 1.807) is 6.07 Å². The van der Waals surface area contributed by atoms with Crippen LogP contribution in [0.5, 0.6) is 5.75 Å². The number of ether oxygens (including phenoxy) is 1. The minimum atomic E-state index is -0.294. The Morgan fingerprint density at radius 1 is 1.14 bits per heavy atom. The summed E-state index contributed by atoms with van der Waals surface area (Å²) < 4.78 is 19.7. The molecule has 0 saturated heterocycles. The highest BCUT2D eigenvalue weighted by atomic mass is 19.1. The third kappa shape index (κ3) is 3.82. The molecule has 0 radical (unpaired) electrons. The van der Waals surface area contributed by atoms with Gasteiger partial charge < -0.3 is 10.1 Å². The number of hydrogen-bond acceptors (Lipinski definition) is 2. The number of halogens is 1. The van der Waals surface area contributed by atoms with Crippen molar-refractivity contribution in [3.8, 4) is 5.75 Å². The lowest BCUT2D eigenvalue weighted by Crippen LogP contribution is -2.16. The fraction of sp³-hybridized carbons (Fsp3) is 0.333. The molecule has 3 rings (SSSR count). The van der Waals surface area contributed by atoms with E-state index in [1.165, 1.54) is 24.5 Å². The van der Waals surface area contributed by atoms with Crippen molar-refractivity contribution in [3.63, 3.8) is 0 Å². The van der Waals surface area contributed by atoms with Crippen LogP contribution in [-0.2, 0) is 13.2 Å². The van der Waals surface area contributed by atoms with Gasteiger partial charge in [0.2, 0.25) is 0 Å². The zero-order chi connectivity index (χ0) is 14.7. The van der Waals surface area contributed by atoms with Crippen molar-refractivity contribution in [3.05, 3.63) is 65.0 Å². The number of para-hydroxylation sites is 1. The molecule has 2 nitrogen and oxygen atoms in total. The van der Waals surface area contributed by atoms with E-state index in [4.69, 9.17) is 4.74 Å². The molecule has 1 aliphatic carbocycles. The average Bonchev–Trinajstić information content (AvgIpc) is 3.30. The third-order valence-corrected chi connectivity index (χ3v) is 3.71. The second-order valence-electron chi connectivity index (χ2n) is 5.66. The molecule has 0 spiro atoms.